The van der Waals surface area contributed by atoms with Crippen LogP contribution in [0.3, 0.4) is 0 Å². The SMILES string of the molecule is O=C(NCc1cc(Cl)cc(Cl)c1)c1nc(-c2cccs2)c2cccnc2c1O. The molecule has 1 amide bonds. The van der Waals surface area contributed by atoms with Gasteiger partial charge in [-0.15, -0.1) is 11.3 Å². The highest BCUT2D eigenvalue weighted by molar-refractivity contribution is 7.13. The van der Waals surface area contributed by atoms with Gasteiger partial charge in [-0.05, 0) is 47.3 Å². The van der Waals surface area contributed by atoms with Crippen molar-refractivity contribution in [3.8, 4) is 16.3 Å². The molecule has 3 aromatic heterocycles. The van der Waals surface area contributed by atoms with Crippen LogP contribution in [-0.4, -0.2) is 21.0 Å². The second-order valence-electron chi connectivity index (χ2n) is 5.99. The summed E-state index contributed by atoms with van der Waals surface area (Å²) in [4.78, 5) is 22.3. The second-order valence-corrected chi connectivity index (χ2v) is 7.82. The Hall–Kier alpha value is -2.67. The lowest BCUT2D eigenvalue weighted by Crippen LogP contribution is -2.24. The summed E-state index contributed by atoms with van der Waals surface area (Å²) < 4.78 is 0. The second kappa shape index (κ2) is 7.75. The van der Waals surface area contributed by atoms with Gasteiger partial charge < -0.3 is 10.4 Å². The summed E-state index contributed by atoms with van der Waals surface area (Å²) in [5, 5.41) is 16.9. The summed E-state index contributed by atoms with van der Waals surface area (Å²) in [7, 11) is 0. The Labute approximate surface area is 174 Å². The molecular weight excluding hydrogens is 417 g/mol. The third kappa shape index (κ3) is 3.67. The minimum absolute atomic E-state index is 0.0808. The van der Waals surface area contributed by atoms with Crippen molar-refractivity contribution in [2.24, 2.45) is 0 Å². The zero-order valence-electron chi connectivity index (χ0n) is 14.3. The highest BCUT2D eigenvalue weighted by Gasteiger charge is 2.21. The quantitative estimate of drug-likeness (QED) is 0.461. The number of hydrogen-bond donors (Lipinski definition) is 2. The van der Waals surface area contributed by atoms with Gasteiger partial charge in [-0.3, -0.25) is 9.78 Å². The first-order valence-electron chi connectivity index (χ1n) is 8.27. The molecule has 0 unspecified atom stereocenters. The number of thiophene rings is 1. The molecule has 28 heavy (non-hydrogen) atoms. The number of nitrogens with zero attached hydrogens (tertiary/aromatic N) is 2. The third-order valence-electron chi connectivity index (χ3n) is 4.08. The Balaban J connectivity index is 1.71. The maximum Gasteiger partial charge on any atom is 0.274 e. The summed E-state index contributed by atoms with van der Waals surface area (Å²) >= 11 is 13.5. The molecule has 0 saturated heterocycles. The Morgan fingerprint density at radius 1 is 1.14 bits per heavy atom. The molecule has 0 spiro atoms. The summed E-state index contributed by atoms with van der Waals surface area (Å²) in [6.45, 7) is 0.189. The fourth-order valence-corrected chi connectivity index (χ4v) is 4.16. The molecule has 0 aliphatic heterocycles. The molecule has 0 atom stereocenters. The predicted octanol–water partition coefficient (Wildman–Crippen LogP) is 5.30. The molecule has 0 bridgehead atoms. The standard InChI is InChI=1S/C20H13Cl2N3O2S/c21-12-7-11(8-13(22)9-12)10-24-20(27)18-19(26)17-14(3-1-5-23-17)16(25-18)15-4-2-6-28-15/h1-9,26H,10H2,(H,24,27). The van der Waals surface area contributed by atoms with Gasteiger partial charge in [0.15, 0.2) is 11.4 Å². The first-order chi connectivity index (χ1) is 13.5. The molecule has 2 N–H and O–H groups in total. The van der Waals surface area contributed by atoms with E-state index in [1.807, 2.05) is 23.6 Å². The van der Waals surface area contributed by atoms with E-state index in [9.17, 15) is 9.90 Å². The number of rotatable bonds is 4. The number of amides is 1. The van der Waals surface area contributed by atoms with E-state index in [1.165, 1.54) is 11.3 Å². The maximum absolute atomic E-state index is 12.8. The van der Waals surface area contributed by atoms with Crippen LogP contribution in [0.15, 0.2) is 54.0 Å². The molecule has 1 aromatic carbocycles. The third-order valence-corrected chi connectivity index (χ3v) is 5.39. The zero-order valence-corrected chi connectivity index (χ0v) is 16.6. The van der Waals surface area contributed by atoms with Crippen LogP contribution in [0.1, 0.15) is 16.1 Å². The number of fused-ring (bicyclic) bond motifs is 1. The highest BCUT2D eigenvalue weighted by Crippen LogP contribution is 2.35. The maximum atomic E-state index is 12.8. The Morgan fingerprint density at radius 3 is 2.64 bits per heavy atom. The van der Waals surface area contributed by atoms with E-state index in [0.29, 0.717) is 26.6 Å². The van der Waals surface area contributed by atoms with Crippen LogP contribution >= 0.6 is 34.5 Å². The summed E-state index contributed by atoms with van der Waals surface area (Å²) in [5.74, 6) is -0.767. The fourth-order valence-electron chi connectivity index (χ4n) is 2.86. The lowest BCUT2D eigenvalue weighted by atomic mass is 10.1. The molecule has 0 fully saturated rings. The topological polar surface area (TPSA) is 75.1 Å². The molecule has 0 radical (unpaired) electrons. The number of carbonyl (C=O) groups excluding carboxylic acids is 1. The number of carbonyl (C=O) groups is 1. The van der Waals surface area contributed by atoms with Crippen molar-refractivity contribution >= 4 is 51.3 Å². The lowest BCUT2D eigenvalue weighted by Gasteiger charge is -2.11. The molecule has 3 heterocycles. The smallest absolute Gasteiger partial charge is 0.274 e. The monoisotopic (exact) mass is 429 g/mol. The Bertz CT molecular complexity index is 1160. The van der Waals surface area contributed by atoms with Gasteiger partial charge in [-0.25, -0.2) is 4.98 Å². The van der Waals surface area contributed by atoms with Gasteiger partial charge >= 0.3 is 0 Å². The van der Waals surface area contributed by atoms with Crippen molar-refractivity contribution in [1.29, 1.82) is 0 Å². The number of pyridine rings is 2. The minimum Gasteiger partial charge on any atom is -0.504 e. The lowest BCUT2D eigenvalue weighted by molar-refractivity contribution is 0.0943. The van der Waals surface area contributed by atoms with Crippen LogP contribution in [-0.2, 0) is 6.54 Å². The molecule has 4 rings (SSSR count). The van der Waals surface area contributed by atoms with Crippen molar-refractivity contribution in [2.75, 3.05) is 0 Å². The van der Waals surface area contributed by atoms with E-state index in [4.69, 9.17) is 23.2 Å². The van der Waals surface area contributed by atoms with Crippen molar-refractivity contribution in [3.63, 3.8) is 0 Å². The van der Waals surface area contributed by atoms with Crippen LogP contribution in [0.4, 0.5) is 0 Å². The van der Waals surface area contributed by atoms with Gasteiger partial charge in [-0.1, -0.05) is 29.3 Å². The fraction of sp³-hybridized carbons (Fsp3) is 0.0500. The molecule has 0 aliphatic rings. The van der Waals surface area contributed by atoms with Crippen LogP contribution in [0.5, 0.6) is 5.75 Å². The zero-order chi connectivity index (χ0) is 19.7. The molecular formula is C20H13Cl2N3O2S. The summed E-state index contributed by atoms with van der Waals surface area (Å²) in [6.07, 6.45) is 1.57. The average molecular weight is 430 g/mol. The predicted molar refractivity (Wildman–Crippen MR) is 112 cm³/mol. The molecule has 0 aliphatic carbocycles. The van der Waals surface area contributed by atoms with Crippen LogP contribution in [0.2, 0.25) is 10.0 Å². The van der Waals surface area contributed by atoms with Gasteiger partial charge in [0.25, 0.3) is 5.91 Å². The van der Waals surface area contributed by atoms with Gasteiger partial charge in [0.1, 0.15) is 5.52 Å². The van der Waals surface area contributed by atoms with Crippen molar-refractivity contribution in [1.82, 2.24) is 15.3 Å². The van der Waals surface area contributed by atoms with E-state index in [-0.39, 0.29) is 18.0 Å². The van der Waals surface area contributed by atoms with E-state index >= 15 is 0 Å². The minimum atomic E-state index is -0.515. The Morgan fingerprint density at radius 2 is 1.93 bits per heavy atom. The normalized spacial score (nSPS) is 10.9. The van der Waals surface area contributed by atoms with Gasteiger partial charge in [-0.2, -0.15) is 0 Å². The number of aromatic nitrogens is 2. The largest absolute Gasteiger partial charge is 0.504 e. The van der Waals surface area contributed by atoms with Crippen LogP contribution in [0.25, 0.3) is 21.5 Å². The van der Waals surface area contributed by atoms with E-state index < -0.39 is 5.91 Å². The van der Waals surface area contributed by atoms with E-state index in [2.05, 4.69) is 15.3 Å². The molecule has 140 valence electrons. The van der Waals surface area contributed by atoms with Crippen molar-refractivity contribution in [3.05, 3.63) is 75.3 Å². The van der Waals surface area contributed by atoms with Crippen LogP contribution < -0.4 is 5.32 Å². The highest BCUT2D eigenvalue weighted by atomic mass is 35.5. The molecule has 0 saturated carbocycles. The molecule has 4 aromatic rings. The first-order valence-corrected chi connectivity index (χ1v) is 9.91. The van der Waals surface area contributed by atoms with Gasteiger partial charge in [0.2, 0.25) is 0 Å². The van der Waals surface area contributed by atoms with Crippen LogP contribution in [0, 0.1) is 0 Å². The number of halogens is 2. The van der Waals surface area contributed by atoms with E-state index in [0.717, 1.165) is 10.4 Å². The van der Waals surface area contributed by atoms with Gasteiger partial charge in [0.05, 0.1) is 10.6 Å². The van der Waals surface area contributed by atoms with Gasteiger partial charge in [0, 0.05) is 28.2 Å². The molecule has 5 nitrogen and oxygen atoms in total. The summed E-state index contributed by atoms with van der Waals surface area (Å²) in [6, 6.07) is 12.4. The van der Waals surface area contributed by atoms with Crippen molar-refractivity contribution in [2.45, 2.75) is 6.54 Å². The number of benzene rings is 1. The first kappa shape index (κ1) is 18.7. The Kier molecular flexibility index (Phi) is 5.17. The number of hydrogen-bond acceptors (Lipinski definition) is 5. The number of nitrogens with one attached hydrogen (secondary N) is 1. The van der Waals surface area contributed by atoms with E-state index in [1.54, 1.807) is 30.5 Å². The summed E-state index contributed by atoms with van der Waals surface area (Å²) in [5.41, 5.74) is 1.59. The molecule has 8 heteroatoms. The average Bonchev–Trinajstić information content (AvgIpc) is 3.20. The number of aromatic hydroxyl groups is 1. The van der Waals surface area contributed by atoms with Crippen molar-refractivity contribution < 1.29 is 9.90 Å².